The molecule has 3 heteroatoms. The van der Waals surface area contributed by atoms with Crippen LogP contribution in [0.4, 0.5) is 0 Å². The summed E-state index contributed by atoms with van der Waals surface area (Å²) in [6, 6.07) is 6.77. The van der Waals surface area contributed by atoms with Gasteiger partial charge in [0.2, 0.25) is 0 Å². The van der Waals surface area contributed by atoms with Crippen LogP contribution in [0.1, 0.15) is 81.9 Å². The first-order valence-corrected chi connectivity index (χ1v) is 9.20. The Balaban J connectivity index is 2.23. The van der Waals surface area contributed by atoms with E-state index in [2.05, 4.69) is 53.4 Å². The summed E-state index contributed by atoms with van der Waals surface area (Å²) in [5.41, 5.74) is 5.53. The van der Waals surface area contributed by atoms with E-state index in [-0.39, 0.29) is 6.04 Å². The minimum Gasteiger partial charge on any atom is -0.271 e. The van der Waals surface area contributed by atoms with Crippen molar-refractivity contribution in [3.05, 3.63) is 33.8 Å². The minimum atomic E-state index is 0.275. The first kappa shape index (κ1) is 18.7. The van der Waals surface area contributed by atoms with Crippen LogP contribution >= 0.6 is 15.9 Å². The van der Waals surface area contributed by atoms with Crippen molar-refractivity contribution in [2.75, 3.05) is 0 Å². The van der Waals surface area contributed by atoms with Crippen molar-refractivity contribution < 1.29 is 0 Å². The van der Waals surface area contributed by atoms with Gasteiger partial charge >= 0.3 is 0 Å². The van der Waals surface area contributed by atoms with E-state index in [1.807, 2.05) is 0 Å². The van der Waals surface area contributed by atoms with E-state index in [1.165, 1.54) is 62.5 Å². The zero-order chi connectivity index (χ0) is 15.5. The number of hydrogen-bond acceptors (Lipinski definition) is 2. The first-order chi connectivity index (χ1) is 10.2. The summed E-state index contributed by atoms with van der Waals surface area (Å²) in [5.74, 6) is 5.73. The lowest BCUT2D eigenvalue weighted by Gasteiger charge is -2.17. The van der Waals surface area contributed by atoms with Crippen LogP contribution in [0.25, 0.3) is 0 Å². The number of rotatable bonds is 11. The maximum atomic E-state index is 5.73. The molecular weight excluding hydrogens is 324 g/mol. The number of nitrogens with one attached hydrogen (secondary N) is 1. The Morgan fingerprint density at radius 2 is 1.67 bits per heavy atom. The highest BCUT2D eigenvalue weighted by atomic mass is 79.9. The summed E-state index contributed by atoms with van der Waals surface area (Å²) in [7, 11) is 0. The molecule has 0 amide bonds. The molecule has 0 saturated heterocycles. The minimum absolute atomic E-state index is 0.275. The van der Waals surface area contributed by atoms with Crippen molar-refractivity contribution in [2.45, 2.75) is 77.7 Å². The molecule has 0 aliphatic rings. The lowest BCUT2D eigenvalue weighted by molar-refractivity contribution is 0.475. The zero-order valence-electron chi connectivity index (χ0n) is 13.6. The highest BCUT2D eigenvalue weighted by molar-refractivity contribution is 9.10. The molecule has 0 aliphatic carbocycles. The molecule has 0 saturated carbocycles. The maximum Gasteiger partial charge on any atom is 0.0460 e. The SMILES string of the molecule is CCCCCCCCCCC(NN)c1ccc(Br)c(C)c1. The second-order valence-corrected chi connectivity index (χ2v) is 6.85. The predicted molar refractivity (Wildman–Crippen MR) is 96.2 cm³/mol. The average Bonchev–Trinajstić information content (AvgIpc) is 2.49. The van der Waals surface area contributed by atoms with E-state index in [4.69, 9.17) is 5.84 Å². The van der Waals surface area contributed by atoms with Crippen molar-refractivity contribution >= 4 is 15.9 Å². The Hall–Kier alpha value is -0.380. The van der Waals surface area contributed by atoms with Gasteiger partial charge in [0, 0.05) is 10.5 Å². The summed E-state index contributed by atoms with van der Waals surface area (Å²) in [6.07, 6.45) is 12.0. The first-order valence-electron chi connectivity index (χ1n) is 8.41. The normalized spacial score (nSPS) is 12.6. The van der Waals surface area contributed by atoms with Gasteiger partial charge in [-0.15, -0.1) is 0 Å². The van der Waals surface area contributed by atoms with E-state index in [9.17, 15) is 0 Å². The standard InChI is InChI=1S/C18H31BrN2/c1-3-4-5-6-7-8-9-10-11-18(21-20)16-12-13-17(19)15(2)14-16/h12-14,18,21H,3-11,20H2,1-2H3. The Bertz CT molecular complexity index is 393. The molecule has 0 aliphatic heterocycles. The van der Waals surface area contributed by atoms with E-state index in [0.717, 1.165) is 10.9 Å². The van der Waals surface area contributed by atoms with E-state index in [1.54, 1.807) is 0 Å². The van der Waals surface area contributed by atoms with Crippen LogP contribution in [0.5, 0.6) is 0 Å². The number of unbranched alkanes of at least 4 members (excludes halogenated alkanes) is 7. The van der Waals surface area contributed by atoms with Gasteiger partial charge in [0.25, 0.3) is 0 Å². The molecule has 0 radical (unpaired) electrons. The molecule has 1 unspecified atom stereocenters. The molecule has 21 heavy (non-hydrogen) atoms. The number of benzene rings is 1. The molecular formula is C18H31BrN2. The number of nitrogens with two attached hydrogens (primary N) is 1. The summed E-state index contributed by atoms with van der Waals surface area (Å²) < 4.78 is 1.16. The van der Waals surface area contributed by atoms with Gasteiger partial charge in [0.05, 0.1) is 0 Å². The third-order valence-corrected chi connectivity index (χ3v) is 5.02. The molecule has 1 aromatic rings. The van der Waals surface area contributed by atoms with E-state index >= 15 is 0 Å². The van der Waals surface area contributed by atoms with Crippen LogP contribution in [0.2, 0.25) is 0 Å². The Kier molecular flexibility index (Phi) is 9.98. The van der Waals surface area contributed by atoms with Crippen LogP contribution in [0.3, 0.4) is 0 Å². The van der Waals surface area contributed by atoms with Crippen LogP contribution in [0, 0.1) is 6.92 Å². The fraction of sp³-hybridized carbons (Fsp3) is 0.667. The van der Waals surface area contributed by atoms with Gasteiger partial charge in [-0.1, -0.05) is 86.4 Å². The summed E-state index contributed by atoms with van der Waals surface area (Å²) in [6.45, 7) is 4.39. The topological polar surface area (TPSA) is 38.0 Å². The maximum absolute atomic E-state index is 5.73. The van der Waals surface area contributed by atoms with Gasteiger partial charge in [-0.3, -0.25) is 11.3 Å². The molecule has 1 aromatic carbocycles. The van der Waals surface area contributed by atoms with Crippen LogP contribution in [-0.4, -0.2) is 0 Å². The number of hydrogen-bond donors (Lipinski definition) is 2. The molecule has 3 N–H and O–H groups in total. The molecule has 120 valence electrons. The van der Waals surface area contributed by atoms with Crippen molar-refractivity contribution in [3.8, 4) is 0 Å². The summed E-state index contributed by atoms with van der Waals surface area (Å²) >= 11 is 3.55. The van der Waals surface area contributed by atoms with Crippen molar-refractivity contribution in [3.63, 3.8) is 0 Å². The summed E-state index contributed by atoms with van der Waals surface area (Å²) in [4.78, 5) is 0. The van der Waals surface area contributed by atoms with E-state index < -0.39 is 0 Å². The molecule has 0 aromatic heterocycles. The number of halogens is 1. The van der Waals surface area contributed by atoms with Gasteiger partial charge in [-0.05, 0) is 30.5 Å². The lowest BCUT2D eigenvalue weighted by Crippen LogP contribution is -2.28. The smallest absolute Gasteiger partial charge is 0.0460 e. The largest absolute Gasteiger partial charge is 0.271 e. The second kappa shape index (κ2) is 11.2. The number of aryl methyl sites for hydroxylation is 1. The van der Waals surface area contributed by atoms with Gasteiger partial charge in [-0.2, -0.15) is 0 Å². The lowest BCUT2D eigenvalue weighted by atomic mass is 9.98. The van der Waals surface area contributed by atoms with Crippen molar-refractivity contribution in [2.24, 2.45) is 5.84 Å². The van der Waals surface area contributed by atoms with Crippen LogP contribution < -0.4 is 11.3 Å². The third-order valence-electron chi connectivity index (χ3n) is 4.13. The highest BCUT2D eigenvalue weighted by Crippen LogP contribution is 2.24. The Morgan fingerprint density at radius 3 is 2.24 bits per heavy atom. The average molecular weight is 355 g/mol. The molecule has 1 atom stereocenters. The predicted octanol–water partition coefficient (Wildman–Crippen LogP) is 5.79. The summed E-state index contributed by atoms with van der Waals surface area (Å²) in [5, 5.41) is 0. The quantitative estimate of drug-likeness (QED) is 0.299. The van der Waals surface area contributed by atoms with Gasteiger partial charge in [0.15, 0.2) is 0 Å². The molecule has 2 nitrogen and oxygen atoms in total. The highest BCUT2D eigenvalue weighted by Gasteiger charge is 2.10. The van der Waals surface area contributed by atoms with Crippen LogP contribution in [-0.2, 0) is 0 Å². The number of hydrazine groups is 1. The Labute approximate surface area is 139 Å². The molecule has 1 rings (SSSR count). The second-order valence-electron chi connectivity index (χ2n) is 5.99. The molecule has 0 fully saturated rings. The van der Waals surface area contributed by atoms with Gasteiger partial charge in [0.1, 0.15) is 0 Å². The van der Waals surface area contributed by atoms with Gasteiger partial charge < -0.3 is 0 Å². The third kappa shape index (κ3) is 7.44. The molecule has 0 bridgehead atoms. The van der Waals surface area contributed by atoms with Crippen molar-refractivity contribution in [1.29, 1.82) is 0 Å². The van der Waals surface area contributed by atoms with E-state index in [0.29, 0.717) is 0 Å². The fourth-order valence-electron chi connectivity index (χ4n) is 2.71. The van der Waals surface area contributed by atoms with Crippen LogP contribution in [0.15, 0.2) is 22.7 Å². The monoisotopic (exact) mass is 354 g/mol. The van der Waals surface area contributed by atoms with Crippen molar-refractivity contribution in [1.82, 2.24) is 5.43 Å². The van der Waals surface area contributed by atoms with Gasteiger partial charge in [-0.25, -0.2) is 0 Å². The Morgan fingerprint density at radius 1 is 1.05 bits per heavy atom. The fourth-order valence-corrected chi connectivity index (χ4v) is 2.96. The zero-order valence-corrected chi connectivity index (χ0v) is 15.2. The molecule has 0 spiro atoms. The molecule has 0 heterocycles.